The first-order chi connectivity index (χ1) is 16.1. The number of benzene rings is 2. The first-order valence-electron chi connectivity index (χ1n) is 10.4. The second kappa shape index (κ2) is 8.91. The van der Waals surface area contributed by atoms with Crippen LogP contribution >= 0.6 is 11.8 Å². The maximum Gasteiger partial charge on any atom is 0.234 e. The van der Waals surface area contributed by atoms with Crippen LogP contribution in [0.3, 0.4) is 0 Å². The average Bonchev–Trinajstić information content (AvgIpc) is 3.48. The summed E-state index contributed by atoms with van der Waals surface area (Å²) in [7, 11) is 0. The van der Waals surface area contributed by atoms with Crippen LogP contribution in [-0.4, -0.2) is 31.4 Å². The maximum atomic E-state index is 12.8. The standard InChI is InChI=1S/C25H21N5O2S/c1-16-9-11-18(12-10-16)30-24(22-8-5-13-32-22)28-29-25(30)33-15-23(31)27-21-14-17(2)26-20-7-4-3-6-19(20)21/h3-14H,15H2,1-2H3,(H,26,27,31). The van der Waals surface area contributed by atoms with Crippen LogP contribution in [0.5, 0.6) is 0 Å². The Morgan fingerprint density at radius 1 is 1.03 bits per heavy atom. The quantitative estimate of drug-likeness (QED) is 0.344. The SMILES string of the molecule is Cc1ccc(-n2c(SCC(=O)Nc3cc(C)nc4ccccc34)nnc2-c2ccco2)cc1. The Labute approximate surface area is 194 Å². The van der Waals surface area contributed by atoms with Crippen molar-refractivity contribution in [2.75, 3.05) is 11.1 Å². The predicted octanol–water partition coefficient (Wildman–Crippen LogP) is 5.42. The largest absolute Gasteiger partial charge is 0.461 e. The van der Waals surface area contributed by atoms with Crippen LogP contribution in [0.4, 0.5) is 5.69 Å². The Kier molecular flexibility index (Phi) is 5.66. The molecule has 1 N–H and O–H groups in total. The number of carbonyl (C=O) groups excluding carboxylic acids is 1. The second-order valence-corrected chi connectivity index (χ2v) is 8.56. The van der Waals surface area contributed by atoms with Gasteiger partial charge in [-0.15, -0.1) is 10.2 Å². The summed E-state index contributed by atoms with van der Waals surface area (Å²) in [6.45, 7) is 3.95. The van der Waals surface area contributed by atoms with Crippen molar-refractivity contribution in [3.05, 3.63) is 84.3 Å². The molecular formula is C25H21N5O2S. The van der Waals surface area contributed by atoms with Gasteiger partial charge in [0.05, 0.1) is 23.2 Å². The molecule has 164 valence electrons. The minimum Gasteiger partial charge on any atom is -0.461 e. The van der Waals surface area contributed by atoms with Gasteiger partial charge in [-0.1, -0.05) is 47.7 Å². The lowest BCUT2D eigenvalue weighted by molar-refractivity contribution is -0.113. The zero-order valence-electron chi connectivity index (χ0n) is 18.1. The van der Waals surface area contributed by atoms with Crippen molar-refractivity contribution < 1.29 is 9.21 Å². The minimum absolute atomic E-state index is 0.131. The number of para-hydroxylation sites is 1. The van der Waals surface area contributed by atoms with Gasteiger partial charge in [-0.2, -0.15) is 0 Å². The van der Waals surface area contributed by atoms with Gasteiger partial charge in [0.2, 0.25) is 11.7 Å². The number of rotatable bonds is 6. The minimum atomic E-state index is -0.131. The first-order valence-corrected chi connectivity index (χ1v) is 11.4. The van der Waals surface area contributed by atoms with E-state index in [0.717, 1.165) is 33.5 Å². The molecule has 0 bridgehead atoms. The third kappa shape index (κ3) is 4.38. The molecule has 0 radical (unpaired) electrons. The van der Waals surface area contributed by atoms with Gasteiger partial charge in [0.25, 0.3) is 0 Å². The molecule has 0 aliphatic carbocycles. The Morgan fingerprint density at radius 2 is 1.85 bits per heavy atom. The van der Waals surface area contributed by atoms with E-state index in [1.54, 1.807) is 6.26 Å². The first kappa shape index (κ1) is 21.0. The van der Waals surface area contributed by atoms with Gasteiger partial charge in [-0.25, -0.2) is 0 Å². The van der Waals surface area contributed by atoms with E-state index in [4.69, 9.17) is 4.42 Å². The Morgan fingerprint density at radius 3 is 2.64 bits per heavy atom. The highest BCUT2D eigenvalue weighted by Crippen LogP contribution is 2.29. The number of hydrogen-bond donors (Lipinski definition) is 1. The molecule has 7 nitrogen and oxygen atoms in total. The van der Waals surface area contributed by atoms with Crippen LogP contribution in [0.1, 0.15) is 11.3 Å². The number of hydrogen-bond acceptors (Lipinski definition) is 6. The van der Waals surface area contributed by atoms with Crippen molar-refractivity contribution in [3.8, 4) is 17.3 Å². The average molecular weight is 456 g/mol. The lowest BCUT2D eigenvalue weighted by Gasteiger charge is -2.11. The van der Waals surface area contributed by atoms with Crippen molar-refractivity contribution in [3.63, 3.8) is 0 Å². The number of aryl methyl sites for hydroxylation is 2. The van der Waals surface area contributed by atoms with Crippen LogP contribution in [0.15, 0.2) is 82.6 Å². The van der Waals surface area contributed by atoms with Crippen molar-refractivity contribution in [1.29, 1.82) is 0 Å². The lowest BCUT2D eigenvalue weighted by Crippen LogP contribution is -2.15. The molecule has 0 spiro atoms. The fourth-order valence-corrected chi connectivity index (χ4v) is 4.33. The molecule has 3 aromatic heterocycles. The summed E-state index contributed by atoms with van der Waals surface area (Å²) in [4.78, 5) is 17.4. The smallest absolute Gasteiger partial charge is 0.234 e. The summed E-state index contributed by atoms with van der Waals surface area (Å²) in [6.07, 6.45) is 1.60. The van der Waals surface area contributed by atoms with E-state index in [9.17, 15) is 4.79 Å². The molecule has 0 atom stereocenters. The highest BCUT2D eigenvalue weighted by atomic mass is 32.2. The van der Waals surface area contributed by atoms with Crippen LogP contribution < -0.4 is 5.32 Å². The molecule has 0 unspecified atom stereocenters. The lowest BCUT2D eigenvalue weighted by atomic mass is 10.1. The number of anilines is 1. The number of furan rings is 1. The van der Waals surface area contributed by atoms with Crippen LogP contribution in [0, 0.1) is 13.8 Å². The fraction of sp³-hybridized carbons (Fsp3) is 0.120. The molecule has 5 aromatic rings. The molecule has 0 saturated carbocycles. The monoisotopic (exact) mass is 455 g/mol. The van der Waals surface area contributed by atoms with Gasteiger partial charge < -0.3 is 9.73 Å². The summed E-state index contributed by atoms with van der Waals surface area (Å²) in [5.41, 5.74) is 4.50. The molecular weight excluding hydrogens is 434 g/mol. The molecule has 0 saturated heterocycles. The number of amides is 1. The summed E-state index contributed by atoms with van der Waals surface area (Å²) < 4.78 is 7.46. The highest BCUT2D eigenvalue weighted by Gasteiger charge is 2.19. The molecule has 3 heterocycles. The Hall–Kier alpha value is -3.91. The number of thioether (sulfide) groups is 1. The molecule has 2 aromatic carbocycles. The van der Waals surface area contributed by atoms with Crippen LogP contribution in [0.2, 0.25) is 0 Å². The van der Waals surface area contributed by atoms with Crippen molar-refractivity contribution in [2.24, 2.45) is 0 Å². The van der Waals surface area contributed by atoms with E-state index >= 15 is 0 Å². The Balaban J connectivity index is 1.40. The summed E-state index contributed by atoms with van der Waals surface area (Å²) in [5.74, 6) is 1.24. The van der Waals surface area contributed by atoms with E-state index < -0.39 is 0 Å². The predicted molar refractivity (Wildman–Crippen MR) is 130 cm³/mol. The van der Waals surface area contributed by atoms with Crippen molar-refractivity contribution in [1.82, 2.24) is 19.7 Å². The molecule has 33 heavy (non-hydrogen) atoms. The fourth-order valence-electron chi connectivity index (χ4n) is 3.58. The van der Waals surface area contributed by atoms with Crippen LogP contribution in [0.25, 0.3) is 28.2 Å². The zero-order valence-corrected chi connectivity index (χ0v) is 19.0. The van der Waals surface area contributed by atoms with E-state index in [-0.39, 0.29) is 11.7 Å². The molecule has 0 fully saturated rings. The molecule has 0 aliphatic heterocycles. The van der Waals surface area contributed by atoms with E-state index in [1.807, 2.05) is 85.1 Å². The van der Waals surface area contributed by atoms with Gasteiger partial charge in [-0.05, 0) is 50.2 Å². The summed E-state index contributed by atoms with van der Waals surface area (Å²) in [6, 6.07) is 21.4. The number of nitrogens with one attached hydrogen (secondary N) is 1. The molecule has 5 rings (SSSR count). The number of nitrogens with zero attached hydrogens (tertiary/aromatic N) is 4. The van der Waals surface area contributed by atoms with Crippen molar-refractivity contribution in [2.45, 2.75) is 19.0 Å². The zero-order chi connectivity index (χ0) is 22.8. The van der Waals surface area contributed by atoms with Crippen molar-refractivity contribution >= 4 is 34.3 Å². The van der Waals surface area contributed by atoms with Gasteiger partial charge in [0, 0.05) is 16.8 Å². The number of aromatic nitrogens is 4. The third-order valence-corrected chi connectivity index (χ3v) is 6.05. The van der Waals surface area contributed by atoms with Crippen LogP contribution in [-0.2, 0) is 4.79 Å². The number of carbonyl (C=O) groups is 1. The van der Waals surface area contributed by atoms with Gasteiger partial charge in [0.15, 0.2) is 10.9 Å². The number of fused-ring (bicyclic) bond motifs is 1. The third-order valence-electron chi connectivity index (χ3n) is 5.12. The van der Waals surface area contributed by atoms with Gasteiger partial charge in [0.1, 0.15) is 0 Å². The normalized spacial score (nSPS) is 11.1. The topological polar surface area (TPSA) is 85.8 Å². The molecule has 1 amide bonds. The maximum absolute atomic E-state index is 12.8. The Bertz CT molecular complexity index is 1430. The van der Waals surface area contributed by atoms with E-state index in [2.05, 4.69) is 20.5 Å². The second-order valence-electron chi connectivity index (χ2n) is 7.62. The van der Waals surface area contributed by atoms with E-state index in [0.29, 0.717) is 16.7 Å². The van der Waals surface area contributed by atoms with Gasteiger partial charge in [-0.3, -0.25) is 14.3 Å². The summed E-state index contributed by atoms with van der Waals surface area (Å²) in [5, 5.41) is 13.2. The molecule has 8 heteroatoms. The van der Waals surface area contributed by atoms with E-state index in [1.165, 1.54) is 11.8 Å². The molecule has 0 aliphatic rings. The summed E-state index contributed by atoms with van der Waals surface area (Å²) >= 11 is 1.32. The highest BCUT2D eigenvalue weighted by molar-refractivity contribution is 7.99. The number of pyridine rings is 1. The van der Waals surface area contributed by atoms with Gasteiger partial charge >= 0.3 is 0 Å².